The molecular weight excluding hydrogens is 362 g/mol. The van der Waals surface area contributed by atoms with Crippen molar-refractivity contribution in [3.8, 4) is 0 Å². The number of nitrogens with zero attached hydrogens (tertiary/aromatic N) is 3. The number of amides is 3. The van der Waals surface area contributed by atoms with Gasteiger partial charge >= 0.3 is 0 Å². The van der Waals surface area contributed by atoms with Crippen LogP contribution < -0.4 is 0 Å². The molecule has 0 radical (unpaired) electrons. The molecule has 0 N–H and O–H groups in total. The fraction of sp³-hybridized carbons (Fsp3) is 0.350. The van der Waals surface area contributed by atoms with Gasteiger partial charge in [0.2, 0.25) is 11.8 Å². The van der Waals surface area contributed by atoms with Gasteiger partial charge in [-0.1, -0.05) is 36.4 Å². The number of rotatable bonds is 1. The third-order valence-electron chi connectivity index (χ3n) is 5.71. The molecule has 2 atom stereocenters. The summed E-state index contributed by atoms with van der Waals surface area (Å²) in [4.78, 5) is 43.9. The molecule has 138 valence electrons. The maximum absolute atomic E-state index is 13.2. The first-order chi connectivity index (χ1) is 13.1. The Labute approximate surface area is 161 Å². The monoisotopic (exact) mass is 381 g/mol. The van der Waals surface area contributed by atoms with E-state index in [1.165, 1.54) is 0 Å². The lowest BCUT2D eigenvalue weighted by atomic mass is 10.0. The SMILES string of the molecule is O=C(c1cccc2ccccc12)N1CCN2C(=O)[C@@H]3CSCN3C(=O)[C@H]2C1. The molecule has 0 unspecified atom stereocenters. The van der Waals surface area contributed by atoms with Gasteiger partial charge in [0.25, 0.3) is 5.91 Å². The molecule has 3 heterocycles. The summed E-state index contributed by atoms with van der Waals surface area (Å²) in [5.74, 6) is 1.16. The average Bonchev–Trinajstić information content (AvgIpc) is 3.21. The van der Waals surface area contributed by atoms with Crippen LogP contribution in [0, 0.1) is 0 Å². The third-order valence-corrected chi connectivity index (χ3v) is 6.72. The van der Waals surface area contributed by atoms with E-state index in [1.807, 2.05) is 42.5 Å². The molecule has 6 nitrogen and oxygen atoms in total. The van der Waals surface area contributed by atoms with Gasteiger partial charge in [0.1, 0.15) is 12.1 Å². The summed E-state index contributed by atoms with van der Waals surface area (Å²) in [6.07, 6.45) is 0. The summed E-state index contributed by atoms with van der Waals surface area (Å²) in [6, 6.07) is 12.6. The smallest absolute Gasteiger partial charge is 0.254 e. The Morgan fingerprint density at radius 1 is 0.926 bits per heavy atom. The molecule has 5 rings (SSSR count). The van der Waals surface area contributed by atoms with Gasteiger partial charge in [0.15, 0.2) is 0 Å². The fourth-order valence-corrected chi connectivity index (χ4v) is 5.43. The summed E-state index contributed by atoms with van der Waals surface area (Å²) in [7, 11) is 0. The van der Waals surface area contributed by atoms with Gasteiger partial charge < -0.3 is 14.7 Å². The van der Waals surface area contributed by atoms with Gasteiger partial charge in [-0.25, -0.2) is 0 Å². The molecule has 0 spiro atoms. The minimum atomic E-state index is -0.555. The van der Waals surface area contributed by atoms with E-state index in [9.17, 15) is 14.4 Å². The van der Waals surface area contributed by atoms with Crippen LogP contribution >= 0.6 is 11.8 Å². The quantitative estimate of drug-likeness (QED) is 0.749. The second-order valence-corrected chi connectivity index (χ2v) is 8.15. The molecule has 7 heteroatoms. The zero-order valence-corrected chi connectivity index (χ0v) is 15.5. The highest BCUT2D eigenvalue weighted by atomic mass is 32.2. The fourth-order valence-electron chi connectivity index (χ4n) is 4.27. The predicted octanol–water partition coefficient (Wildman–Crippen LogP) is 1.41. The molecule has 3 fully saturated rings. The van der Waals surface area contributed by atoms with E-state index in [2.05, 4.69) is 0 Å². The van der Waals surface area contributed by atoms with Crippen molar-refractivity contribution in [1.29, 1.82) is 0 Å². The van der Waals surface area contributed by atoms with Crippen molar-refractivity contribution in [2.75, 3.05) is 31.3 Å². The summed E-state index contributed by atoms with van der Waals surface area (Å²) in [5.41, 5.74) is 0.644. The van der Waals surface area contributed by atoms with E-state index in [0.29, 0.717) is 30.3 Å². The van der Waals surface area contributed by atoms with Gasteiger partial charge in [0.05, 0.1) is 12.4 Å². The molecule has 3 aliphatic rings. The third kappa shape index (κ3) is 2.52. The number of thioether (sulfide) groups is 1. The lowest BCUT2D eigenvalue weighted by Gasteiger charge is -2.47. The molecule has 0 aromatic heterocycles. The van der Waals surface area contributed by atoms with E-state index in [0.717, 1.165) is 10.8 Å². The van der Waals surface area contributed by atoms with Crippen molar-refractivity contribution in [2.24, 2.45) is 0 Å². The Bertz CT molecular complexity index is 957. The minimum Gasteiger partial charge on any atom is -0.334 e. The summed E-state index contributed by atoms with van der Waals surface area (Å²) >= 11 is 1.61. The van der Waals surface area contributed by atoms with Crippen LogP contribution in [-0.2, 0) is 9.59 Å². The van der Waals surface area contributed by atoms with Gasteiger partial charge in [0, 0.05) is 24.4 Å². The Hall–Kier alpha value is -2.54. The van der Waals surface area contributed by atoms with Crippen molar-refractivity contribution >= 4 is 40.3 Å². The highest BCUT2D eigenvalue weighted by Gasteiger charge is 2.50. The normalized spacial score (nSPS) is 25.0. The highest BCUT2D eigenvalue weighted by Crippen LogP contribution is 2.31. The lowest BCUT2D eigenvalue weighted by molar-refractivity contribution is -0.161. The first kappa shape index (κ1) is 16.6. The predicted molar refractivity (Wildman–Crippen MR) is 103 cm³/mol. The number of hydrogen-bond donors (Lipinski definition) is 0. The molecule has 3 amide bonds. The van der Waals surface area contributed by atoms with Crippen LogP contribution in [0.1, 0.15) is 10.4 Å². The maximum atomic E-state index is 13.2. The van der Waals surface area contributed by atoms with Gasteiger partial charge in [-0.15, -0.1) is 11.8 Å². The first-order valence-corrected chi connectivity index (χ1v) is 10.3. The Balaban J connectivity index is 1.43. The van der Waals surface area contributed by atoms with Crippen molar-refractivity contribution in [3.63, 3.8) is 0 Å². The number of fused-ring (bicyclic) bond motifs is 3. The number of carbonyl (C=O) groups excluding carboxylic acids is 3. The molecule has 3 saturated heterocycles. The van der Waals surface area contributed by atoms with Crippen LogP contribution in [0.5, 0.6) is 0 Å². The first-order valence-electron chi connectivity index (χ1n) is 9.11. The van der Waals surface area contributed by atoms with Crippen molar-refractivity contribution in [3.05, 3.63) is 48.0 Å². The molecule has 0 aliphatic carbocycles. The molecule has 2 aromatic rings. The highest BCUT2D eigenvalue weighted by molar-refractivity contribution is 7.99. The molecular formula is C20H19N3O3S. The standard InChI is InChI=1S/C20H19N3O3S/c24-18(15-7-3-5-13-4-1-2-6-14(13)15)21-8-9-22-16(10-21)19(25)23-12-27-11-17(23)20(22)26/h1-7,16-17H,8-12H2/t16-,17+/m1/s1. The molecule has 2 aromatic carbocycles. The van der Waals surface area contributed by atoms with Gasteiger partial charge in [-0.2, -0.15) is 0 Å². The molecule has 0 saturated carbocycles. The zero-order chi connectivity index (χ0) is 18.5. The second kappa shape index (κ2) is 6.27. The van der Waals surface area contributed by atoms with E-state index in [-0.39, 0.29) is 30.3 Å². The van der Waals surface area contributed by atoms with Crippen LogP contribution in [0.25, 0.3) is 10.8 Å². The molecule has 0 bridgehead atoms. The van der Waals surface area contributed by atoms with Crippen LogP contribution in [0.15, 0.2) is 42.5 Å². The van der Waals surface area contributed by atoms with Crippen LogP contribution in [0.3, 0.4) is 0 Å². The van der Waals surface area contributed by atoms with E-state index >= 15 is 0 Å². The summed E-state index contributed by atoms with van der Waals surface area (Å²) in [6.45, 7) is 1.14. The van der Waals surface area contributed by atoms with Crippen molar-refractivity contribution in [2.45, 2.75) is 12.1 Å². The summed E-state index contributed by atoms with van der Waals surface area (Å²) in [5, 5.41) is 1.93. The van der Waals surface area contributed by atoms with E-state index < -0.39 is 6.04 Å². The lowest BCUT2D eigenvalue weighted by Crippen LogP contribution is -2.69. The topological polar surface area (TPSA) is 60.9 Å². The van der Waals surface area contributed by atoms with Crippen LogP contribution in [0.2, 0.25) is 0 Å². The van der Waals surface area contributed by atoms with E-state index in [1.54, 1.807) is 26.5 Å². The Morgan fingerprint density at radius 3 is 2.59 bits per heavy atom. The average molecular weight is 381 g/mol. The maximum Gasteiger partial charge on any atom is 0.254 e. The Morgan fingerprint density at radius 2 is 1.70 bits per heavy atom. The van der Waals surface area contributed by atoms with E-state index in [4.69, 9.17) is 0 Å². The van der Waals surface area contributed by atoms with Crippen molar-refractivity contribution in [1.82, 2.24) is 14.7 Å². The van der Waals surface area contributed by atoms with Crippen molar-refractivity contribution < 1.29 is 14.4 Å². The number of hydrogen-bond acceptors (Lipinski definition) is 4. The second-order valence-electron chi connectivity index (χ2n) is 7.15. The number of carbonyl (C=O) groups is 3. The largest absolute Gasteiger partial charge is 0.334 e. The molecule has 27 heavy (non-hydrogen) atoms. The van der Waals surface area contributed by atoms with Crippen LogP contribution in [0.4, 0.5) is 0 Å². The van der Waals surface area contributed by atoms with Gasteiger partial charge in [-0.05, 0) is 16.8 Å². The van der Waals surface area contributed by atoms with Gasteiger partial charge in [-0.3, -0.25) is 14.4 Å². The molecule has 3 aliphatic heterocycles. The number of piperazine rings is 2. The summed E-state index contributed by atoms with van der Waals surface area (Å²) < 4.78 is 0. The van der Waals surface area contributed by atoms with Crippen LogP contribution in [-0.4, -0.2) is 75.8 Å². The zero-order valence-electron chi connectivity index (χ0n) is 14.7. The minimum absolute atomic E-state index is 0.0278. The Kier molecular flexibility index (Phi) is 3.86. The number of benzene rings is 2.